The second-order valence-corrected chi connectivity index (χ2v) is 6.25. The summed E-state index contributed by atoms with van der Waals surface area (Å²) in [7, 11) is 0. The van der Waals surface area contributed by atoms with Crippen molar-refractivity contribution in [3.05, 3.63) is 76.3 Å². The fraction of sp³-hybridized carbons (Fsp3) is 0.286. The first-order chi connectivity index (χ1) is 12.6. The lowest BCUT2D eigenvalue weighted by Crippen LogP contribution is -2.35. The number of carbonyl (C=O) groups is 1. The predicted octanol–water partition coefficient (Wildman–Crippen LogP) is 3.47. The molecule has 1 amide bonds. The molecular formula is C21H23N3O2. The van der Waals surface area contributed by atoms with E-state index in [9.17, 15) is 9.59 Å². The maximum absolute atomic E-state index is 13.1. The van der Waals surface area contributed by atoms with Crippen LogP contribution in [0.25, 0.3) is 10.9 Å². The number of aromatic amines is 1. The molecule has 0 spiro atoms. The lowest BCUT2D eigenvalue weighted by molar-refractivity contribution is -0.133. The minimum absolute atomic E-state index is 0.0528. The Labute approximate surface area is 152 Å². The quantitative estimate of drug-likeness (QED) is 0.741. The summed E-state index contributed by atoms with van der Waals surface area (Å²) in [5.41, 5.74) is 1.48. The minimum atomic E-state index is -0.191. The highest BCUT2D eigenvalue weighted by atomic mass is 16.2. The van der Waals surface area contributed by atoms with Crippen LogP contribution >= 0.6 is 0 Å². The molecule has 0 aliphatic heterocycles. The Hall–Kier alpha value is -2.95. The molecule has 1 atom stereocenters. The van der Waals surface area contributed by atoms with E-state index in [0.717, 1.165) is 12.0 Å². The molecule has 2 aromatic carbocycles. The van der Waals surface area contributed by atoms with E-state index in [1.807, 2.05) is 62.4 Å². The maximum atomic E-state index is 13.1. The van der Waals surface area contributed by atoms with Gasteiger partial charge < -0.3 is 9.88 Å². The fourth-order valence-electron chi connectivity index (χ4n) is 3.19. The van der Waals surface area contributed by atoms with Gasteiger partial charge in [-0.1, -0.05) is 49.4 Å². The van der Waals surface area contributed by atoms with Gasteiger partial charge in [-0.25, -0.2) is 4.98 Å². The van der Waals surface area contributed by atoms with E-state index in [2.05, 4.69) is 9.97 Å². The van der Waals surface area contributed by atoms with E-state index in [0.29, 0.717) is 29.8 Å². The topological polar surface area (TPSA) is 66.1 Å². The molecule has 0 saturated carbocycles. The highest BCUT2D eigenvalue weighted by Crippen LogP contribution is 2.22. The molecule has 3 rings (SSSR count). The van der Waals surface area contributed by atoms with Gasteiger partial charge in [-0.05, 0) is 31.0 Å². The Morgan fingerprint density at radius 2 is 1.77 bits per heavy atom. The van der Waals surface area contributed by atoms with E-state index in [1.165, 1.54) is 0 Å². The summed E-state index contributed by atoms with van der Waals surface area (Å²) in [4.78, 5) is 34.4. The van der Waals surface area contributed by atoms with Crippen LogP contribution in [0.2, 0.25) is 0 Å². The van der Waals surface area contributed by atoms with E-state index in [-0.39, 0.29) is 17.4 Å². The van der Waals surface area contributed by atoms with Gasteiger partial charge in [-0.15, -0.1) is 0 Å². The van der Waals surface area contributed by atoms with Gasteiger partial charge in [0.05, 0.1) is 23.4 Å². The van der Waals surface area contributed by atoms with Gasteiger partial charge in [-0.3, -0.25) is 9.59 Å². The number of hydrogen-bond donors (Lipinski definition) is 1. The van der Waals surface area contributed by atoms with Crippen molar-refractivity contribution in [2.45, 2.75) is 32.7 Å². The Morgan fingerprint density at radius 3 is 2.46 bits per heavy atom. The highest BCUT2D eigenvalue weighted by Gasteiger charge is 2.24. The lowest BCUT2D eigenvalue weighted by atomic mass is 9.95. The molecule has 0 aliphatic carbocycles. The number of nitrogens with one attached hydrogen (secondary N) is 1. The first-order valence-corrected chi connectivity index (χ1v) is 8.95. The Kier molecular flexibility index (Phi) is 5.46. The van der Waals surface area contributed by atoms with Crippen molar-refractivity contribution < 1.29 is 4.79 Å². The van der Waals surface area contributed by atoms with Crippen LogP contribution in [0.1, 0.15) is 37.6 Å². The third-order valence-electron chi connectivity index (χ3n) is 4.60. The molecule has 3 aromatic rings. The van der Waals surface area contributed by atoms with Crippen LogP contribution in [-0.2, 0) is 11.3 Å². The van der Waals surface area contributed by atoms with Crippen LogP contribution in [0, 0.1) is 0 Å². The summed E-state index contributed by atoms with van der Waals surface area (Å²) in [5, 5.41) is 0.557. The molecule has 1 heterocycles. The van der Waals surface area contributed by atoms with Crippen molar-refractivity contribution in [2.24, 2.45) is 0 Å². The fourth-order valence-corrected chi connectivity index (χ4v) is 3.19. The number of aromatic nitrogens is 2. The van der Waals surface area contributed by atoms with Crippen molar-refractivity contribution in [2.75, 3.05) is 6.54 Å². The molecule has 5 nitrogen and oxygen atoms in total. The SMILES string of the molecule is CC[C@@H](C(=O)N(CC)Cc1nc2ccccc2c(=O)[nH]1)c1ccccc1. The monoisotopic (exact) mass is 349 g/mol. The third-order valence-corrected chi connectivity index (χ3v) is 4.60. The van der Waals surface area contributed by atoms with Gasteiger partial charge in [0.1, 0.15) is 5.82 Å². The second-order valence-electron chi connectivity index (χ2n) is 6.25. The van der Waals surface area contributed by atoms with Crippen LogP contribution < -0.4 is 5.56 Å². The van der Waals surface area contributed by atoms with E-state index >= 15 is 0 Å². The number of amides is 1. The zero-order valence-corrected chi connectivity index (χ0v) is 15.1. The van der Waals surface area contributed by atoms with E-state index in [1.54, 1.807) is 11.0 Å². The average molecular weight is 349 g/mol. The van der Waals surface area contributed by atoms with Crippen molar-refractivity contribution in [1.29, 1.82) is 0 Å². The highest BCUT2D eigenvalue weighted by molar-refractivity contribution is 5.83. The molecule has 0 aliphatic rings. The lowest BCUT2D eigenvalue weighted by Gasteiger charge is -2.25. The maximum Gasteiger partial charge on any atom is 0.258 e. The number of H-pyrrole nitrogens is 1. The van der Waals surface area contributed by atoms with Crippen molar-refractivity contribution >= 4 is 16.8 Å². The number of fused-ring (bicyclic) bond motifs is 1. The van der Waals surface area contributed by atoms with Crippen LogP contribution in [-0.4, -0.2) is 27.3 Å². The van der Waals surface area contributed by atoms with Crippen LogP contribution in [0.15, 0.2) is 59.4 Å². The molecule has 0 saturated heterocycles. The van der Waals surface area contributed by atoms with Crippen molar-refractivity contribution in [3.63, 3.8) is 0 Å². The van der Waals surface area contributed by atoms with Gasteiger partial charge in [-0.2, -0.15) is 0 Å². The normalized spacial score (nSPS) is 12.1. The first-order valence-electron chi connectivity index (χ1n) is 8.95. The molecular weight excluding hydrogens is 326 g/mol. The molecule has 0 unspecified atom stereocenters. The number of para-hydroxylation sites is 1. The second kappa shape index (κ2) is 7.95. The smallest absolute Gasteiger partial charge is 0.258 e. The van der Waals surface area contributed by atoms with Crippen LogP contribution in [0.4, 0.5) is 0 Å². The number of nitrogens with zero attached hydrogens (tertiary/aromatic N) is 2. The van der Waals surface area contributed by atoms with Gasteiger partial charge in [0.15, 0.2) is 0 Å². The Morgan fingerprint density at radius 1 is 1.08 bits per heavy atom. The third kappa shape index (κ3) is 3.67. The van der Waals surface area contributed by atoms with Gasteiger partial charge in [0, 0.05) is 6.54 Å². The zero-order valence-electron chi connectivity index (χ0n) is 15.1. The average Bonchev–Trinajstić information content (AvgIpc) is 2.67. The summed E-state index contributed by atoms with van der Waals surface area (Å²) < 4.78 is 0. The minimum Gasteiger partial charge on any atom is -0.335 e. The standard InChI is InChI=1S/C21H23N3O2/c1-3-16(15-10-6-5-7-11-15)21(26)24(4-2)14-19-22-18-13-9-8-12-17(18)20(25)23-19/h5-13,16H,3-4,14H2,1-2H3,(H,22,23,25)/t16-/m1/s1. The molecule has 0 fully saturated rings. The summed E-state index contributed by atoms with van der Waals surface area (Å²) in [6.07, 6.45) is 0.723. The zero-order chi connectivity index (χ0) is 18.5. The summed E-state index contributed by atoms with van der Waals surface area (Å²) in [5.74, 6) is 0.368. The van der Waals surface area contributed by atoms with E-state index < -0.39 is 0 Å². The molecule has 1 aromatic heterocycles. The van der Waals surface area contributed by atoms with Crippen LogP contribution in [0.3, 0.4) is 0 Å². The molecule has 1 N–H and O–H groups in total. The van der Waals surface area contributed by atoms with Gasteiger partial charge >= 0.3 is 0 Å². The van der Waals surface area contributed by atoms with E-state index in [4.69, 9.17) is 0 Å². The number of hydrogen-bond acceptors (Lipinski definition) is 3. The van der Waals surface area contributed by atoms with Gasteiger partial charge in [0.2, 0.25) is 5.91 Å². The van der Waals surface area contributed by atoms with Crippen LogP contribution in [0.5, 0.6) is 0 Å². The Bertz CT molecular complexity index is 950. The van der Waals surface area contributed by atoms with Crippen molar-refractivity contribution in [3.8, 4) is 0 Å². The number of benzene rings is 2. The molecule has 26 heavy (non-hydrogen) atoms. The number of rotatable bonds is 6. The first kappa shape index (κ1) is 17.9. The molecule has 134 valence electrons. The summed E-state index contributed by atoms with van der Waals surface area (Å²) in [6, 6.07) is 17.0. The number of likely N-dealkylation sites (N-methyl/N-ethyl adjacent to an activating group) is 1. The van der Waals surface area contributed by atoms with Crippen molar-refractivity contribution in [1.82, 2.24) is 14.9 Å². The molecule has 0 radical (unpaired) electrons. The van der Waals surface area contributed by atoms with Gasteiger partial charge in [0.25, 0.3) is 5.56 Å². The number of carbonyl (C=O) groups excluding carboxylic acids is 1. The Balaban J connectivity index is 1.87. The summed E-state index contributed by atoms with van der Waals surface area (Å²) >= 11 is 0. The largest absolute Gasteiger partial charge is 0.335 e. The molecule has 0 bridgehead atoms. The predicted molar refractivity (Wildman–Crippen MR) is 103 cm³/mol. The molecule has 5 heteroatoms. The summed E-state index contributed by atoms with van der Waals surface area (Å²) in [6.45, 7) is 4.80.